The molecule has 37 heavy (non-hydrogen) atoms. The summed E-state index contributed by atoms with van der Waals surface area (Å²) in [6.07, 6.45) is 11.6. The molecule has 1 aromatic carbocycles. The van der Waals surface area contributed by atoms with Gasteiger partial charge in [0.25, 0.3) is 11.5 Å². The topological polar surface area (TPSA) is 68.4 Å². The van der Waals surface area contributed by atoms with Gasteiger partial charge < -0.3 is 20.1 Å². The average Bonchev–Trinajstić information content (AvgIpc) is 2.89. The molecule has 0 atom stereocenters. The summed E-state index contributed by atoms with van der Waals surface area (Å²) in [5.74, 6) is -0.113. The first-order chi connectivity index (χ1) is 18.0. The molecule has 1 aromatic heterocycles. The molecule has 200 valence electrons. The smallest absolute Gasteiger partial charge is 0.253 e. The van der Waals surface area contributed by atoms with Crippen LogP contribution < -0.4 is 15.8 Å². The van der Waals surface area contributed by atoms with Crippen LogP contribution in [0.5, 0.6) is 0 Å². The minimum absolute atomic E-state index is 0.109. The van der Waals surface area contributed by atoms with Gasteiger partial charge in [-0.15, -0.1) is 0 Å². The number of nitrogens with one attached hydrogen (secondary N) is 2. The summed E-state index contributed by atoms with van der Waals surface area (Å²) >= 11 is 0. The van der Waals surface area contributed by atoms with Crippen LogP contribution >= 0.6 is 0 Å². The molecule has 1 fully saturated rings. The Bertz CT molecular complexity index is 1160. The van der Waals surface area contributed by atoms with E-state index in [-0.39, 0.29) is 18.0 Å². The first kappa shape index (κ1) is 27.2. The van der Waals surface area contributed by atoms with Crippen LogP contribution in [0.4, 0.5) is 5.69 Å². The molecule has 0 unspecified atom stereocenters. The lowest BCUT2D eigenvalue weighted by Crippen LogP contribution is -2.44. The Labute approximate surface area is 222 Å². The molecule has 1 aliphatic carbocycles. The van der Waals surface area contributed by atoms with Crippen LogP contribution in [0.25, 0.3) is 0 Å². The molecule has 6 heteroatoms. The Hall–Kier alpha value is -2.86. The first-order valence-electron chi connectivity index (χ1n) is 14.2. The van der Waals surface area contributed by atoms with E-state index in [1.54, 1.807) is 0 Å². The third-order valence-corrected chi connectivity index (χ3v) is 8.34. The highest BCUT2D eigenvalue weighted by Crippen LogP contribution is 2.33. The maximum Gasteiger partial charge on any atom is 0.253 e. The van der Waals surface area contributed by atoms with E-state index < -0.39 is 0 Å². The number of fused-ring (bicyclic) bond motifs is 2. The van der Waals surface area contributed by atoms with Gasteiger partial charge in [-0.3, -0.25) is 9.59 Å². The highest BCUT2D eigenvalue weighted by molar-refractivity contribution is 5.97. The molecule has 4 rings (SSSR count). The van der Waals surface area contributed by atoms with Gasteiger partial charge in [-0.2, -0.15) is 0 Å². The number of aromatic amines is 1. The Kier molecular flexibility index (Phi) is 9.25. The number of carbonyl (C=O) groups excluding carboxylic acids is 1. The molecule has 1 aliphatic heterocycles. The molecule has 2 aliphatic rings. The summed E-state index contributed by atoms with van der Waals surface area (Å²) in [5, 5.41) is 3.06. The van der Waals surface area contributed by atoms with Crippen LogP contribution in [0.2, 0.25) is 0 Å². The summed E-state index contributed by atoms with van der Waals surface area (Å²) < 4.78 is 0. The normalized spacial score (nSPS) is 21.3. The number of amides is 1. The number of hydrogen-bond acceptors (Lipinski definition) is 4. The van der Waals surface area contributed by atoms with Crippen molar-refractivity contribution in [2.45, 2.75) is 91.3 Å². The van der Waals surface area contributed by atoms with Gasteiger partial charge in [-0.25, -0.2) is 0 Å². The molecule has 0 radical (unpaired) electrons. The largest absolute Gasteiger partial charge is 0.369 e. The lowest BCUT2D eigenvalue weighted by atomic mass is 9.88. The molecule has 2 aromatic rings. The summed E-state index contributed by atoms with van der Waals surface area (Å²) in [7, 11) is 0. The Morgan fingerprint density at radius 1 is 0.919 bits per heavy atom. The minimum Gasteiger partial charge on any atom is -0.369 e. The third-order valence-electron chi connectivity index (χ3n) is 8.34. The van der Waals surface area contributed by atoms with Crippen molar-refractivity contribution in [3.63, 3.8) is 0 Å². The Morgan fingerprint density at radius 2 is 1.65 bits per heavy atom. The highest BCUT2D eigenvalue weighted by Gasteiger charge is 2.29. The van der Waals surface area contributed by atoms with Crippen molar-refractivity contribution in [1.82, 2.24) is 15.2 Å². The number of carbonyl (C=O) groups is 1. The molecule has 0 spiro atoms. The van der Waals surface area contributed by atoms with Crippen molar-refractivity contribution in [3.05, 3.63) is 74.7 Å². The van der Waals surface area contributed by atoms with Gasteiger partial charge in [0.1, 0.15) is 0 Å². The van der Waals surface area contributed by atoms with Gasteiger partial charge in [0.2, 0.25) is 0 Å². The van der Waals surface area contributed by atoms with E-state index in [0.29, 0.717) is 23.2 Å². The lowest BCUT2D eigenvalue weighted by molar-refractivity contribution is 0.0950. The van der Waals surface area contributed by atoms with E-state index >= 15 is 0 Å². The van der Waals surface area contributed by atoms with E-state index in [0.717, 1.165) is 55.7 Å². The highest BCUT2D eigenvalue weighted by atomic mass is 16.1. The van der Waals surface area contributed by atoms with Crippen molar-refractivity contribution < 1.29 is 4.79 Å². The summed E-state index contributed by atoms with van der Waals surface area (Å²) in [6.45, 7) is 12.1. The molecular weight excluding hydrogens is 460 g/mol. The number of pyridine rings is 1. The van der Waals surface area contributed by atoms with Crippen molar-refractivity contribution >= 4 is 11.6 Å². The average molecular weight is 505 g/mol. The number of hydrogen-bond donors (Lipinski definition) is 2. The van der Waals surface area contributed by atoms with Gasteiger partial charge in [0.05, 0.1) is 0 Å². The van der Waals surface area contributed by atoms with Crippen LogP contribution in [0.15, 0.2) is 41.2 Å². The van der Waals surface area contributed by atoms with Crippen molar-refractivity contribution in [1.29, 1.82) is 0 Å². The molecule has 2 N–H and O–H groups in total. The Morgan fingerprint density at radius 3 is 2.35 bits per heavy atom. The number of anilines is 1. The van der Waals surface area contributed by atoms with Gasteiger partial charge >= 0.3 is 0 Å². The number of H-pyrrole nitrogens is 1. The first-order valence-corrected chi connectivity index (χ1v) is 14.2. The van der Waals surface area contributed by atoms with Gasteiger partial charge in [0, 0.05) is 47.7 Å². The minimum atomic E-state index is -0.113. The van der Waals surface area contributed by atoms with Crippen LogP contribution in [-0.4, -0.2) is 47.5 Å². The fraction of sp³-hybridized carbons (Fsp3) is 0.548. The van der Waals surface area contributed by atoms with Crippen LogP contribution in [0.1, 0.15) is 85.6 Å². The van der Waals surface area contributed by atoms with E-state index in [9.17, 15) is 9.59 Å². The summed E-state index contributed by atoms with van der Waals surface area (Å²) in [5.41, 5.74) is 5.39. The number of aromatic nitrogens is 1. The van der Waals surface area contributed by atoms with Crippen LogP contribution in [0, 0.1) is 6.92 Å². The lowest BCUT2D eigenvalue weighted by Gasteiger charge is -2.41. The quantitative estimate of drug-likeness (QED) is 0.535. The number of allylic oxidation sites excluding steroid dienone is 2. The molecule has 0 saturated heterocycles. The molecule has 2 heterocycles. The number of benzene rings is 1. The maximum absolute atomic E-state index is 13.5. The maximum atomic E-state index is 13.5. The predicted octanol–water partition coefficient (Wildman–Crippen LogP) is 5.14. The summed E-state index contributed by atoms with van der Waals surface area (Å²) in [6, 6.07) is 9.34. The predicted molar refractivity (Wildman–Crippen MR) is 153 cm³/mol. The molecule has 0 bridgehead atoms. The monoisotopic (exact) mass is 504 g/mol. The second-order valence-corrected chi connectivity index (χ2v) is 10.5. The molecule has 1 saturated carbocycles. The second-order valence-electron chi connectivity index (χ2n) is 10.5. The third kappa shape index (κ3) is 6.18. The van der Waals surface area contributed by atoms with E-state index in [2.05, 4.69) is 59.1 Å². The fourth-order valence-corrected chi connectivity index (χ4v) is 6.39. The van der Waals surface area contributed by atoms with E-state index in [1.165, 1.54) is 31.4 Å². The number of aryl methyl sites for hydroxylation is 2. The summed E-state index contributed by atoms with van der Waals surface area (Å²) in [4.78, 5) is 34.2. The van der Waals surface area contributed by atoms with Crippen molar-refractivity contribution in [2.75, 3.05) is 24.5 Å². The molecular formula is C31H44N4O2. The Balaban J connectivity index is 1.61. The van der Waals surface area contributed by atoms with E-state index in [4.69, 9.17) is 0 Å². The van der Waals surface area contributed by atoms with Crippen molar-refractivity contribution in [2.24, 2.45) is 0 Å². The second kappa shape index (κ2) is 12.6. The van der Waals surface area contributed by atoms with E-state index in [1.807, 2.05) is 25.1 Å². The zero-order valence-electron chi connectivity index (χ0n) is 23.1. The van der Waals surface area contributed by atoms with Gasteiger partial charge in [-0.05, 0) is 101 Å². The molecule has 1 amide bonds. The van der Waals surface area contributed by atoms with Gasteiger partial charge in [-0.1, -0.05) is 32.1 Å². The van der Waals surface area contributed by atoms with Crippen LogP contribution in [-0.2, 0) is 19.4 Å². The van der Waals surface area contributed by atoms with Gasteiger partial charge in [0.15, 0.2) is 0 Å². The number of nitrogens with zero attached hydrogens (tertiary/aromatic N) is 2. The SMILES string of the molecule is CCN(CC)[C@H]1CC[C@@H](N(CC)c2cccc3c2C/C=C/CCc2cc(C)[nH]c(=O)c2CNC3=O)CC1. The van der Waals surface area contributed by atoms with Crippen LogP contribution in [0.3, 0.4) is 0 Å². The molecule has 6 nitrogen and oxygen atoms in total. The standard InChI is InChI=1S/C31H44N4O2/c1-5-34(6-2)24-16-18-25(19-17-24)35(7-3)29-15-11-14-27-26(29)13-10-8-9-12-23-20-22(4)33-31(37)28(23)21-32-30(27)36/h8,10-11,14-15,20,24-25H,5-7,9,12-13,16-19,21H2,1-4H3,(H,32,36)(H,33,37)/b10-8+/t24-,25+. The zero-order valence-corrected chi connectivity index (χ0v) is 23.1. The fourth-order valence-electron chi connectivity index (χ4n) is 6.39. The zero-order chi connectivity index (χ0) is 26.4. The van der Waals surface area contributed by atoms with Crippen molar-refractivity contribution in [3.8, 4) is 0 Å². The number of rotatable bonds is 6.